The molecule has 0 fully saturated rings. The first kappa shape index (κ1) is 25.2. The third-order valence-corrected chi connectivity index (χ3v) is 8.59. The Labute approximate surface area is 242 Å². The minimum Gasteiger partial charge on any atom is -0.228 e. The van der Waals surface area contributed by atoms with E-state index in [1.807, 2.05) is 18.2 Å². The highest BCUT2D eigenvalue weighted by Gasteiger charge is 2.35. The zero-order valence-electron chi connectivity index (χ0n) is 23.9. The SMILES string of the molecule is Cc1ccccc1-c1ccc(-c2cc(-c3ccc4c(c3)C(C)(C)c3ccccc3-4)nc(-c3ccccc3)n2)cc1C. The molecule has 0 N–H and O–H groups in total. The van der Waals surface area contributed by atoms with Gasteiger partial charge in [-0.3, -0.25) is 0 Å². The minimum absolute atomic E-state index is 0.0669. The molecule has 41 heavy (non-hydrogen) atoms. The number of hydrogen-bond donors (Lipinski definition) is 0. The molecule has 6 aromatic rings. The lowest BCUT2D eigenvalue weighted by molar-refractivity contribution is 0.660. The minimum atomic E-state index is -0.0669. The summed E-state index contributed by atoms with van der Waals surface area (Å²) in [6.07, 6.45) is 0. The van der Waals surface area contributed by atoms with Gasteiger partial charge in [-0.2, -0.15) is 0 Å². The van der Waals surface area contributed by atoms with Gasteiger partial charge >= 0.3 is 0 Å². The van der Waals surface area contributed by atoms with E-state index >= 15 is 0 Å². The number of benzene rings is 5. The first-order valence-electron chi connectivity index (χ1n) is 14.3. The molecule has 1 aliphatic carbocycles. The molecule has 1 aliphatic rings. The number of aromatic nitrogens is 2. The van der Waals surface area contributed by atoms with E-state index in [2.05, 4.69) is 131 Å². The van der Waals surface area contributed by atoms with Crippen LogP contribution in [-0.4, -0.2) is 9.97 Å². The van der Waals surface area contributed by atoms with Crippen molar-refractivity contribution < 1.29 is 0 Å². The largest absolute Gasteiger partial charge is 0.228 e. The van der Waals surface area contributed by atoms with E-state index in [1.54, 1.807) is 0 Å². The number of hydrogen-bond acceptors (Lipinski definition) is 2. The van der Waals surface area contributed by atoms with Crippen molar-refractivity contribution in [1.29, 1.82) is 0 Å². The standard InChI is InChI=1S/C39H32N2/c1-25-12-8-9-15-30(25)31-20-18-28(22-26(31)2)36-24-37(41-38(40-36)27-13-6-5-7-14-27)29-19-21-33-32-16-10-11-17-34(32)39(3,4)35(33)23-29/h5-24H,1-4H3. The Kier molecular flexibility index (Phi) is 5.94. The fourth-order valence-corrected chi connectivity index (χ4v) is 6.32. The molecule has 0 saturated carbocycles. The van der Waals surface area contributed by atoms with Crippen LogP contribution >= 0.6 is 0 Å². The predicted octanol–water partition coefficient (Wildman–Crippen LogP) is 10.1. The maximum Gasteiger partial charge on any atom is 0.160 e. The van der Waals surface area contributed by atoms with Crippen LogP contribution in [0.4, 0.5) is 0 Å². The van der Waals surface area contributed by atoms with Crippen LogP contribution in [0.2, 0.25) is 0 Å². The first-order chi connectivity index (χ1) is 19.9. The molecule has 2 heteroatoms. The van der Waals surface area contributed by atoms with Crippen LogP contribution in [0.25, 0.3) is 56.2 Å². The highest BCUT2D eigenvalue weighted by molar-refractivity contribution is 5.84. The average Bonchev–Trinajstić information content (AvgIpc) is 3.24. The number of fused-ring (bicyclic) bond motifs is 3. The second-order valence-corrected chi connectivity index (χ2v) is 11.6. The van der Waals surface area contributed by atoms with Gasteiger partial charge in [0.05, 0.1) is 11.4 Å². The zero-order valence-corrected chi connectivity index (χ0v) is 23.9. The molecule has 0 radical (unpaired) electrons. The Morgan fingerprint density at radius 3 is 1.71 bits per heavy atom. The molecular weight excluding hydrogens is 496 g/mol. The molecule has 0 aliphatic heterocycles. The van der Waals surface area contributed by atoms with Crippen molar-refractivity contribution in [2.45, 2.75) is 33.1 Å². The fourth-order valence-electron chi connectivity index (χ4n) is 6.32. The van der Waals surface area contributed by atoms with Crippen LogP contribution in [0.15, 0.2) is 121 Å². The van der Waals surface area contributed by atoms with Crippen molar-refractivity contribution >= 4 is 0 Å². The first-order valence-corrected chi connectivity index (χ1v) is 14.3. The average molecular weight is 529 g/mol. The molecule has 0 amide bonds. The summed E-state index contributed by atoms with van der Waals surface area (Å²) in [6, 6.07) is 43.2. The quantitative estimate of drug-likeness (QED) is 0.227. The molecule has 7 rings (SSSR count). The van der Waals surface area contributed by atoms with Crippen molar-refractivity contribution in [3.8, 4) is 56.2 Å². The molecule has 1 heterocycles. The fraction of sp³-hybridized carbons (Fsp3) is 0.128. The molecule has 2 nitrogen and oxygen atoms in total. The maximum atomic E-state index is 5.11. The smallest absolute Gasteiger partial charge is 0.160 e. The maximum absolute atomic E-state index is 5.11. The van der Waals surface area contributed by atoms with Crippen LogP contribution < -0.4 is 0 Å². The molecule has 198 valence electrons. The van der Waals surface area contributed by atoms with Crippen LogP contribution in [0, 0.1) is 13.8 Å². The van der Waals surface area contributed by atoms with Crippen molar-refractivity contribution in [2.75, 3.05) is 0 Å². The summed E-state index contributed by atoms with van der Waals surface area (Å²) in [5.74, 6) is 0.738. The summed E-state index contributed by atoms with van der Waals surface area (Å²) in [5.41, 5.74) is 15.4. The van der Waals surface area contributed by atoms with Gasteiger partial charge in [0.25, 0.3) is 0 Å². The third kappa shape index (κ3) is 4.28. The summed E-state index contributed by atoms with van der Waals surface area (Å²) in [5, 5.41) is 0. The van der Waals surface area contributed by atoms with Gasteiger partial charge in [0, 0.05) is 22.1 Å². The van der Waals surface area contributed by atoms with Crippen molar-refractivity contribution in [3.63, 3.8) is 0 Å². The highest BCUT2D eigenvalue weighted by Crippen LogP contribution is 2.49. The van der Waals surface area contributed by atoms with E-state index in [4.69, 9.17) is 9.97 Å². The van der Waals surface area contributed by atoms with Gasteiger partial charge in [-0.25, -0.2) is 9.97 Å². The van der Waals surface area contributed by atoms with E-state index in [9.17, 15) is 0 Å². The van der Waals surface area contributed by atoms with Crippen LogP contribution in [0.1, 0.15) is 36.1 Å². The molecular formula is C39H32N2. The lowest BCUT2D eigenvalue weighted by Crippen LogP contribution is -2.14. The summed E-state index contributed by atoms with van der Waals surface area (Å²) in [4.78, 5) is 10.2. The van der Waals surface area contributed by atoms with Crippen LogP contribution in [0.3, 0.4) is 0 Å². The van der Waals surface area contributed by atoms with Crippen LogP contribution in [0.5, 0.6) is 0 Å². The molecule has 0 unspecified atom stereocenters. The number of aryl methyl sites for hydroxylation is 2. The van der Waals surface area contributed by atoms with E-state index in [0.29, 0.717) is 0 Å². The lowest BCUT2D eigenvalue weighted by Gasteiger charge is -2.22. The van der Waals surface area contributed by atoms with Crippen LogP contribution in [-0.2, 0) is 5.41 Å². The summed E-state index contributed by atoms with van der Waals surface area (Å²) in [7, 11) is 0. The topological polar surface area (TPSA) is 25.8 Å². The van der Waals surface area contributed by atoms with E-state index < -0.39 is 0 Å². The van der Waals surface area contributed by atoms with Crippen molar-refractivity contribution in [3.05, 3.63) is 144 Å². The summed E-state index contributed by atoms with van der Waals surface area (Å²) in [6.45, 7) is 9.00. The second kappa shape index (κ2) is 9.67. The predicted molar refractivity (Wildman–Crippen MR) is 171 cm³/mol. The van der Waals surface area contributed by atoms with Gasteiger partial charge in [-0.15, -0.1) is 0 Å². The number of nitrogens with zero attached hydrogens (tertiary/aromatic N) is 2. The summed E-state index contributed by atoms with van der Waals surface area (Å²) >= 11 is 0. The van der Waals surface area contributed by atoms with Gasteiger partial charge in [-0.1, -0.05) is 117 Å². The second-order valence-electron chi connectivity index (χ2n) is 11.6. The van der Waals surface area contributed by atoms with Gasteiger partial charge in [0.1, 0.15) is 0 Å². The number of rotatable bonds is 4. The molecule has 0 bridgehead atoms. The van der Waals surface area contributed by atoms with Gasteiger partial charge in [0.2, 0.25) is 0 Å². The Bertz CT molecular complexity index is 1930. The van der Waals surface area contributed by atoms with Crippen molar-refractivity contribution in [1.82, 2.24) is 9.97 Å². The highest BCUT2D eigenvalue weighted by atomic mass is 14.9. The van der Waals surface area contributed by atoms with E-state index in [-0.39, 0.29) is 5.41 Å². The normalized spacial score (nSPS) is 13.1. The summed E-state index contributed by atoms with van der Waals surface area (Å²) < 4.78 is 0. The van der Waals surface area contributed by atoms with Gasteiger partial charge in [0.15, 0.2) is 5.82 Å². The third-order valence-electron chi connectivity index (χ3n) is 8.59. The molecule has 5 aromatic carbocycles. The Morgan fingerprint density at radius 1 is 0.439 bits per heavy atom. The van der Waals surface area contributed by atoms with Crippen molar-refractivity contribution in [2.24, 2.45) is 0 Å². The molecule has 0 spiro atoms. The monoisotopic (exact) mass is 528 g/mol. The van der Waals surface area contributed by atoms with E-state index in [1.165, 1.54) is 44.5 Å². The Balaban J connectivity index is 1.37. The van der Waals surface area contributed by atoms with Gasteiger partial charge < -0.3 is 0 Å². The molecule has 0 saturated heterocycles. The van der Waals surface area contributed by atoms with Gasteiger partial charge in [-0.05, 0) is 76.6 Å². The Hall–Kier alpha value is -4.82. The zero-order chi connectivity index (χ0) is 28.1. The Morgan fingerprint density at radius 2 is 1.00 bits per heavy atom. The van der Waals surface area contributed by atoms with E-state index in [0.717, 1.165) is 33.9 Å². The lowest BCUT2D eigenvalue weighted by atomic mass is 9.82. The molecule has 0 atom stereocenters. The molecule has 1 aromatic heterocycles.